The van der Waals surface area contributed by atoms with Gasteiger partial charge in [-0.2, -0.15) is 0 Å². The molecule has 2 saturated heterocycles. The third-order valence-corrected chi connectivity index (χ3v) is 13.5. The smallest absolute Gasteiger partial charge is 0.481 e. The number of aliphatic carboxylic acids is 2. The predicted octanol–water partition coefficient (Wildman–Crippen LogP) is 1.80. The molecule has 8 N–H and O–H groups in total. The van der Waals surface area contributed by atoms with E-state index in [0.717, 1.165) is 18.4 Å². The first-order valence-electron chi connectivity index (χ1n) is 21.7. The molecule has 336 valence electrons. The molecule has 0 spiro atoms. The highest BCUT2D eigenvalue weighted by Gasteiger charge is 2.68. The molecule has 2 heterocycles. The van der Waals surface area contributed by atoms with Crippen LogP contribution in [0.25, 0.3) is 0 Å². The summed E-state index contributed by atoms with van der Waals surface area (Å²) in [5, 5.41) is 29.2. The average Bonchev–Trinajstić information content (AvgIpc) is 3.83. The van der Waals surface area contributed by atoms with E-state index >= 15 is 0 Å². The summed E-state index contributed by atoms with van der Waals surface area (Å²) < 4.78 is 13.5. The SMILES string of the molecule is CC(C)[C@H](NC(=O)[C@H](CCC(=O)O)NC(=O)[C@@H](N)CC(=O)O)C(=O)N[C@H](C(=O)N1CCC[C@H]1C(=O)N[C@@H](CCc1ccccc1)B1O[C@@H]2C[C@@H]3C[C@H](C3(C)C)[C@]2(C)O1)C(C)C. The van der Waals surface area contributed by atoms with E-state index in [-0.39, 0.29) is 23.8 Å². The molecular formula is C43H65BN6O11. The van der Waals surface area contributed by atoms with Crippen LogP contribution in [0.1, 0.15) is 105 Å². The number of carbonyl (C=O) groups is 7. The van der Waals surface area contributed by atoms with Crippen LogP contribution in [0, 0.1) is 29.1 Å². The van der Waals surface area contributed by atoms with Gasteiger partial charge in [-0.25, -0.2) is 0 Å². The van der Waals surface area contributed by atoms with E-state index < -0.39 is 109 Å². The van der Waals surface area contributed by atoms with Crippen LogP contribution in [-0.4, -0.2) is 118 Å². The molecule has 1 aromatic carbocycles. The fraction of sp³-hybridized carbons (Fsp3) is 0.698. The second-order valence-corrected chi connectivity index (χ2v) is 18.8. The van der Waals surface area contributed by atoms with E-state index in [1.807, 2.05) is 30.3 Å². The first-order valence-corrected chi connectivity index (χ1v) is 21.7. The van der Waals surface area contributed by atoms with Crippen molar-refractivity contribution in [1.29, 1.82) is 0 Å². The van der Waals surface area contributed by atoms with E-state index in [1.165, 1.54) is 4.90 Å². The maximum absolute atomic E-state index is 14.4. The molecule has 6 rings (SSSR count). The molecule has 5 amide bonds. The zero-order valence-electron chi connectivity index (χ0n) is 36.5. The fourth-order valence-corrected chi connectivity index (χ4v) is 9.72. The van der Waals surface area contributed by atoms with Crippen LogP contribution in [0.3, 0.4) is 0 Å². The Kier molecular flexibility index (Phi) is 15.3. The molecule has 10 atom stereocenters. The lowest BCUT2D eigenvalue weighted by Crippen LogP contribution is -2.65. The summed E-state index contributed by atoms with van der Waals surface area (Å²) in [4.78, 5) is 92.7. The first-order chi connectivity index (χ1) is 28.6. The number of carboxylic acids is 2. The van der Waals surface area contributed by atoms with Gasteiger partial charge in [0.2, 0.25) is 29.5 Å². The van der Waals surface area contributed by atoms with Gasteiger partial charge in [0.25, 0.3) is 0 Å². The third kappa shape index (κ3) is 10.9. The number of nitrogens with zero attached hydrogens (tertiary/aromatic N) is 1. The van der Waals surface area contributed by atoms with Crippen molar-refractivity contribution in [1.82, 2.24) is 26.2 Å². The summed E-state index contributed by atoms with van der Waals surface area (Å²) in [6.07, 6.45) is 2.49. The molecule has 3 aliphatic carbocycles. The molecule has 0 radical (unpaired) electrons. The Morgan fingerprint density at radius 2 is 1.51 bits per heavy atom. The molecule has 0 aromatic heterocycles. The van der Waals surface area contributed by atoms with E-state index in [4.69, 9.17) is 20.1 Å². The predicted molar refractivity (Wildman–Crippen MR) is 224 cm³/mol. The average molecular weight is 853 g/mol. The number of carboxylic acid groups (broad SMARTS) is 2. The lowest BCUT2D eigenvalue weighted by molar-refractivity contribution is -0.199. The Hall–Kier alpha value is -4.55. The molecule has 0 unspecified atom stereocenters. The van der Waals surface area contributed by atoms with Crippen LogP contribution >= 0.6 is 0 Å². The van der Waals surface area contributed by atoms with Crippen LogP contribution in [0.15, 0.2) is 30.3 Å². The molecule has 1 aromatic rings. The minimum atomic E-state index is -1.51. The topological polar surface area (TPSA) is 256 Å². The van der Waals surface area contributed by atoms with Gasteiger partial charge in [-0.15, -0.1) is 0 Å². The molecule has 2 bridgehead atoms. The normalized spacial score (nSPS) is 26.3. The van der Waals surface area contributed by atoms with Crippen molar-refractivity contribution in [2.24, 2.45) is 34.8 Å². The summed E-state index contributed by atoms with van der Waals surface area (Å²) in [5.74, 6) is -6.52. The Labute approximate surface area is 358 Å². The number of nitrogens with two attached hydrogens (primary N) is 1. The number of amides is 5. The quantitative estimate of drug-likeness (QED) is 0.0928. The first kappa shape index (κ1) is 47.5. The number of hydrogen-bond acceptors (Lipinski definition) is 10. The molecule has 18 heteroatoms. The number of aryl methyl sites for hydroxylation is 1. The standard InChI is InChI=1S/C43H65BN6O11/c1-23(2)35(48-38(56)28(16-18-33(51)52)46-37(55)27(45)22-34(53)54)40(58)49-36(24(3)4)41(59)50-19-11-14-29(50)39(57)47-32(17-15-25-12-9-8-10-13-25)44-60-31-21-26-20-30(42(26,5)6)43(31,7)61-44/h8-10,12-13,23-24,26-32,35-36H,11,14-22,45H2,1-7H3,(H,46,55)(H,47,57)(H,48,56)(H,49,58)(H,51,52)(H,53,54)/t26-,27-,28-,29-,30+,31+,32-,35-,36-,43-/m0/s1. The van der Waals surface area contributed by atoms with E-state index in [1.54, 1.807) is 27.7 Å². The number of hydrogen-bond donors (Lipinski definition) is 7. The van der Waals surface area contributed by atoms with Crippen molar-refractivity contribution in [3.8, 4) is 0 Å². The van der Waals surface area contributed by atoms with Crippen molar-refractivity contribution in [2.75, 3.05) is 6.54 Å². The lowest BCUT2D eigenvalue weighted by atomic mass is 9.43. The number of carbonyl (C=O) groups excluding carboxylic acids is 5. The molecule has 61 heavy (non-hydrogen) atoms. The van der Waals surface area contributed by atoms with Crippen LogP contribution in [0.5, 0.6) is 0 Å². The molecule has 3 saturated carbocycles. The summed E-state index contributed by atoms with van der Waals surface area (Å²) in [6, 6.07) is 3.90. The highest BCUT2D eigenvalue weighted by molar-refractivity contribution is 6.48. The molecule has 17 nitrogen and oxygen atoms in total. The Balaban J connectivity index is 1.27. The number of benzene rings is 1. The minimum Gasteiger partial charge on any atom is -0.481 e. The highest BCUT2D eigenvalue weighted by Crippen LogP contribution is 2.65. The van der Waals surface area contributed by atoms with Crippen LogP contribution in [0.4, 0.5) is 0 Å². The Bertz CT molecular complexity index is 1800. The number of likely N-dealkylation sites (tertiary alicyclic amines) is 1. The van der Waals surface area contributed by atoms with Gasteiger partial charge in [-0.3, -0.25) is 33.6 Å². The fourth-order valence-electron chi connectivity index (χ4n) is 9.72. The van der Waals surface area contributed by atoms with Gasteiger partial charge >= 0.3 is 19.1 Å². The summed E-state index contributed by atoms with van der Waals surface area (Å²) in [7, 11) is -0.673. The molecule has 5 fully saturated rings. The van der Waals surface area contributed by atoms with Crippen molar-refractivity contribution in [3.63, 3.8) is 0 Å². The van der Waals surface area contributed by atoms with E-state index in [9.17, 15) is 38.7 Å². The summed E-state index contributed by atoms with van der Waals surface area (Å²) in [6.45, 7) is 13.9. The molecule has 5 aliphatic rings. The van der Waals surface area contributed by atoms with Crippen molar-refractivity contribution in [2.45, 2.75) is 154 Å². The zero-order chi connectivity index (χ0) is 45.0. The van der Waals surface area contributed by atoms with Crippen LogP contribution in [-0.2, 0) is 49.3 Å². The number of nitrogens with one attached hydrogen (secondary N) is 4. The molecular weight excluding hydrogens is 787 g/mol. The van der Waals surface area contributed by atoms with Crippen molar-refractivity contribution in [3.05, 3.63) is 35.9 Å². The van der Waals surface area contributed by atoms with Gasteiger partial charge in [-0.1, -0.05) is 71.9 Å². The van der Waals surface area contributed by atoms with Gasteiger partial charge < -0.3 is 51.4 Å². The summed E-state index contributed by atoms with van der Waals surface area (Å²) in [5.41, 5.74) is 6.43. The second-order valence-electron chi connectivity index (χ2n) is 18.8. The Morgan fingerprint density at radius 1 is 0.852 bits per heavy atom. The van der Waals surface area contributed by atoms with Gasteiger partial charge in [0.15, 0.2) is 0 Å². The van der Waals surface area contributed by atoms with E-state index in [2.05, 4.69) is 42.0 Å². The van der Waals surface area contributed by atoms with Gasteiger partial charge in [0, 0.05) is 13.0 Å². The molecule has 2 aliphatic heterocycles. The van der Waals surface area contributed by atoms with Gasteiger partial charge in [0.05, 0.1) is 30.1 Å². The van der Waals surface area contributed by atoms with E-state index in [0.29, 0.717) is 44.1 Å². The van der Waals surface area contributed by atoms with Crippen LogP contribution in [0.2, 0.25) is 0 Å². The number of rotatable bonds is 20. The lowest BCUT2D eigenvalue weighted by Gasteiger charge is -2.64. The van der Waals surface area contributed by atoms with Crippen LogP contribution < -0.4 is 27.0 Å². The highest BCUT2D eigenvalue weighted by atomic mass is 16.7. The maximum Gasteiger partial charge on any atom is 0.481 e. The Morgan fingerprint density at radius 3 is 2.11 bits per heavy atom. The van der Waals surface area contributed by atoms with Crippen molar-refractivity contribution < 1.29 is 53.1 Å². The third-order valence-electron chi connectivity index (χ3n) is 13.5. The second kappa shape index (κ2) is 19.7. The van der Waals surface area contributed by atoms with Crippen molar-refractivity contribution >= 4 is 48.6 Å². The summed E-state index contributed by atoms with van der Waals surface area (Å²) >= 11 is 0. The van der Waals surface area contributed by atoms with Gasteiger partial charge in [0.1, 0.15) is 24.2 Å². The largest absolute Gasteiger partial charge is 0.481 e. The van der Waals surface area contributed by atoms with Gasteiger partial charge in [-0.05, 0) is 86.5 Å². The maximum atomic E-state index is 14.4. The minimum absolute atomic E-state index is 0.0821. The zero-order valence-corrected chi connectivity index (χ0v) is 36.5. The monoisotopic (exact) mass is 852 g/mol.